The molecule has 0 unspecified atom stereocenters. The number of hydrogen-bond acceptors (Lipinski definition) is 3. The van der Waals surface area contributed by atoms with Gasteiger partial charge in [-0.2, -0.15) is 0 Å². The topological polar surface area (TPSA) is 38.7 Å². The SMILES string of the molecule is Cc1c(Br)cc2c(c1CO)OC(C)(C)OC2. The van der Waals surface area contributed by atoms with Gasteiger partial charge in [0.15, 0.2) is 0 Å². The Morgan fingerprint density at radius 2 is 2.19 bits per heavy atom. The van der Waals surface area contributed by atoms with Crippen LogP contribution in [0.5, 0.6) is 5.75 Å². The summed E-state index contributed by atoms with van der Waals surface area (Å²) in [5.41, 5.74) is 2.82. The first-order valence-electron chi connectivity index (χ1n) is 5.19. The quantitative estimate of drug-likeness (QED) is 0.863. The first kappa shape index (κ1) is 11.9. The first-order chi connectivity index (χ1) is 7.44. The Bertz CT molecular complexity index is 427. The smallest absolute Gasteiger partial charge is 0.205 e. The molecule has 1 aliphatic rings. The third-order valence-corrected chi connectivity index (χ3v) is 3.58. The van der Waals surface area contributed by atoms with Crippen molar-refractivity contribution in [2.45, 2.75) is 39.8 Å². The number of halogens is 1. The molecule has 1 aromatic carbocycles. The molecule has 0 bridgehead atoms. The summed E-state index contributed by atoms with van der Waals surface area (Å²) in [4.78, 5) is 0. The van der Waals surface area contributed by atoms with Gasteiger partial charge in [-0.3, -0.25) is 0 Å². The van der Waals surface area contributed by atoms with E-state index in [1.807, 2.05) is 26.8 Å². The van der Waals surface area contributed by atoms with Crippen LogP contribution in [0.25, 0.3) is 0 Å². The van der Waals surface area contributed by atoms with E-state index in [-0.39, 0.29) is 6.61 Å². The normalized spacial score (nSPS) is 17.8. The lowest BCUT2D eigenvalue weighted by Crippen LogP contribution is -2.36. The molecule has 0 atom stereocenters. The van der Waals surface area contributed by atoms with E-state index >= 15 is 0 Å². The largest absolute Gasteiger partial charge is 0.462 e. The summed E-state index contributed by atoms with van der Waals surface area (Å²) in [7, 11) is 0. The zero-order valence-corrected chi connectivity index (χ0v) is 11.2. The molecule has 0 saturated carbocycles. The Kier molecular flexibility index (Phi) is 2.99. The van der Waals surface area contributed by atoms with Crippen molar-refractivity contribution in [3.05, 3.63) is 27.2 Å². The van der Waals surface area contributed by atoms with Gasteiger partial charge in [-0.05, 0) is 18.6 Å². The highest BCUT2D eigenvalue weighted by atomic mass is 79.9. The average molecular weight is 287 g/mol. The molecule has 1 N–H and O–H groups in total. The molecular weight excluding hydrogens is 272 g/mol. The van der Waals surface area contributed by atoms with E-state index in [1.165, 1.54) is 0 Å². The summed E-state index contributed by atoms with van der Waals surface area (Å²) in [5.74, 6) is 0.136. The van der Waals surface area contributed by atoms with Gasteiger partial charge >= 0.3 is 0 Å². The predicted molar refractivity (Wildman–Crippen MR) is 64.3 cm³/mol. The molecule has 1 aromatic rings. The number of aliphatic hydroxyl groups is 1. The standard InChI is InChI=1S/C12H15BrO3/c1-7-9(5-14)11-8(4-10(7)13)6-15-12(2,3)16-11/h4,14H,5-6H2,1-3H3. The van der Waals surface area contributed by atoms with Crippen LogP contribution in [0.1, 0.15) is 30.5 Å². The third kappa shape index (κ3) is 1.97. The van der Waals surface area contributed by atoms with Crippen LogP contribution in [0.15, 0.2) is 10.5 Å². The lowest BCUT2D eigenvalue weighted by Gasteiger charge is -2.34. The third-order valence-electron chi connectivity index (χ3n) is 2.76. The maximum Gasteiger partial charge on any atom is 0.205 e. The molecule has 3 nitrogen and oxygen atoms in total. The van der Waals surface area contributed by atoms with Crippen molar-refractivity contribution in [1.29, 1.82) is 0 Å². The molecule has 2 rings (SSSR count). The Hall–Kier alpha value is -0.580. The van der Waals surface area contributed by atoms with Crippen molar-refractivity contribution in [3.8, 4) is 5.75 Å². The Balaban J connectivity index is 2.57. The second kappa shape index (κ2) is 4.02. The fraction of sp³-hybridized carbons (Fsp3) is 0.500. The molecule has 1 heterocycles. The zero-order chi connectivity index (χ0) is 11.9. The molecule has 0 radical (unpaired) electrons. The monoisotopic (exact) mass is 286 g/mol. The van der Waals surface area contributed by atoms with Gasteiger partial charge in [0.05, 0.1) is 13.2 Å². The molecular formula is C12H15BrO3. The summed E-state index contributed by atoms with van der Waals surface area (Å²) in [6, 6.07) is 1.99. The summed E-state index contributed by atoms with van der Waals surface area (Å²) in [6.07, 6.45) is 0. The lowest BCUT2D eigenvalue weighted by molar-refractivity contribution is -0.180. The molecule has 0 fully saturated rings. The molecule has 0 saturated heterocycles. The molecule has 16 heavy (non-hydrogen) atoms. The second-order valence-electron chi connectivity index (χ2n) is 4.40. The lowest BCUT2D eigenvalue weighted by atomic mass is 10.0. The van der Waals surface area contributed by atoms with Gasteiger partial charge in [-0.1, -0.05) is 15.9 Å². The van der Waals surface area contributed by atoms with Crippen molar-refractivity contribution in [2.24, 2.45) is 0 Å². The van der Waals surface area contributed by atoms with Crippen molar-refractivity contribution < 1.29 is 14.6 Å². The average Bonchev–Trinajstić information content (AvgIpc) is 2.20. The van der Waals surface area contributed by atoms with E-state index in [0.29, 0.717) is 6.61 Å². The van der Waals surface area contributed by atoms with Gasteiger partial charge in [0, 0.05) is 29.4 Å². The highest BCUT2D eigenvalue weighted by Crippen LogP contribution is 2.38. The van der Waals surface area contributed by atoms with Crippen LogP contribution in [0.2, 0.25) is 0 Å². The van der Waals surface area contributed by atoms with Gasteiger partial charge in [-0.25, -0.2) is 0 Å². The van der Waals surface area contributed by atoms with Crippen LogP contribution < -0.4 is 4.74 Å². The van der Waals surface area contributed by atoms with E-state index in [9.17, 15) is 5.11 Å². The minimum Gasteiger partial charge on any atom is -0.462 e. The predicted octanol–water partition coefficient (Wildman–Crippen LogP) is 2.89. The Morgan fingerprint density at radius 1 is 1.50 bits per heavy atom. The molecule has 0 aromatic heterocycles. The van der Waals surface area contributed by atoms with Crippen LogP contribution in [-0.4, -0.2) is 10.9 Å². The fourth-order valence-corrected chi connectivity index (χ4v) is 2.30. The van der Waals surface area contributed by atoms with E-state index in [0.717, 1.165) is 26.9 Å². The van der Waals surface area contributed by atoms with Crippen molar-refractivity contribution in [3.63, 3.8) is 0 Å². The van der Waals surface area contributed by atoms with Crippen LogP contribution in [0.3, 0.4) is 0 Å². The number of benzene rings is 1. The van der Waals surface area contributed by atoms with E-state index in [2.05, 4.69) is 15.9 Å². The molecule has 1 aliphatic heterocycles. The van der Waals surface area contributed by atoms with E-state index in [4.69, 9.17) is 9.47 Å². The number of ether oxygens (including phenoxy) is 2. The number of aliphatic hydroxyl groups excluding tert-OH is 1. The highest BCUT2D eigenvalue weighted by molar-refractivity contribution is 9.10. The maximum absolute atomic E-state index is 9.43. The molecule has 0 spiro atoms. The zero-order valence-electron chi connectivity index (χ0n) is 9.63. The minimum absolute atomic E-state index is 0.0241. The highest BCUT2D eigenvalue weighted by Gasteiger charge is 2.30. The van der Waals surface area contributed by atoms with Gasteiger partial charge in [0.1, 0.15) is 5.75 Å². The van der Waals surface area contributed by atoms with Crippen molar-refractivity contribution in [2.75, 3.05) is 0 Å². The fourth-order valence-electron chi connectivity index (χ4n) is 1.79. The van der Waals surface area contributed by atoms with Gasteiger partial charge < -0.3 is 14.6 Å². The molecule has 0 aliphatic carbocycles. The van der Waals surface area contributed by atoms with Gasteiger partial charge in [-0.15, -0.1) is 0 Å². The second-order valence-corrected chi connectivity index (χ2v) is 5.25. The molecule has 0 amide bonds. The summed E-state index contributed by atoms with van der Waals surface area (Å²) in [6.45, 7) is 6.18. The van der Waals surface area contributed by atoms with Crippen LogP contribution in [-0.2, 0) is 18.0 Å². The molecule has 4 heteroatoms. The maximum atomic E-state index is 9.43. The molecule has 88 valence electrons. The van der Waals surface area contributed by atoms with Crippen LogP contribution in [0.4, 0.5) is 0 Å². The van der Waals surface area contributed by atoms with Crippen LogP contribution in [0, 0.1) is 6.92 Å². The number of rotatable bonds is 1. The van der Waals surface area contributed by atoms with E-state index in [1.54, 1.807) is 0 Å². The minimum atomic E-state index is -0.628. The first-order valence-corrected chi connectivity index (χ1v) is 5.98. The number of hydrogen-bond donors (Lipinski definition) is 1. The Morgan fingerprint density at radius 3 is 2.81 bits per heavy atom. The van der Waals surface area contributed by atoms with Crippen molar-refractivity contribution >= 4 is 15.9 Å². The van der Waals surface area contributed by atoms with Crippen molar-refractivity contribution in [1.82, 2.24) is 0 Å². The number of fused-ring (bicyclic) bond motifs is 1. The van der Waals surface area contributed by atoms with Crippen LogP contribution >= 0.6 is 15.9 Å². The Labute approximate surface area is 104 Å². The van der Waals surface area contributed by atoms with Gasteiger partial charge in [0.2, 0.25) is 5.79 Å². The summed E-state index contributed by atoms with van der Waals surface area (Å²) in [5, 5.41) is 9.43. The van der Waals surface area contributed by atoms with E-state index < -0.39 is 5.79 Å². The van der Waals surface area contributed by atoms with Gasteiger partial charge in [0.25, 0.3) is 0 Å². The summed E-state index contributed by atoms with van der Waals surface area (Å²) < 4.78 is 12.3. The summed E-state index contributed by atoms with van der Waals surface area (Å²) >= 11 is 3.47.